The Morgan fingerprint density at radius 3 is 2.67 bits per heavy atom. The van der Waals surface area contributed by atoms with Crippen molar-refractivity contribution in [2.75, 3.05) is 18.5 Å². The predicted molar refractivity (Wildman–Crippen MR) is 92.8 cm³/mol. The van der Waals surface area contributed by atoms with E-state index in [0.29, 0.717) is 6.61 Å². The molecule has 0 unspecified atom stereocenters. The second-order valence-electron chi connectivity index (χ2n) is 6.11. The number of nitrogens with one attached hydrogen (secondary N) is 2. The molecular formula is C19H17F3N2O3. The maximum Gasteiger partial charge on any atom is 0.405 e. The lowest BCUT2D eigenvalue weighted by molar-refractivity contribution is -0.123. The summed E-state index contributed by atoms with van der Waals surface area (Å²) < 4.78 is 42.3. The van der Waals surface area contributed by atoms with E-state index in [1.807, 2.05) is 12.1 Å². The van der Waals surface area contributed by atoms with Crippen molar-refractivity contribution in [2.24, 2.45) is 0 Å². The van der Waals surface area contributed by atoms with Crippen molar-refractivity contribution in [3.05, 3.63) is 59.2 Å². The fourth-order valence-electron chi connectivity index (χ4n) is 2.80. The zero-order chi connectivity index (χ0) is 19.4. The molecule has 2 aromatic carbocycles. The third-order valence-corrected chi connectivity index (χ3v) is 4.01. The molecule has 142 valence electrons. The van der Waals surface area contributed by atoms with Crippen LogP contribution in [0.15, 0.2) is 42.5 Å². The minimum atomic E-state index is -4.51. The number of fused-ring (bicyclic) bond motifs is 1. The number of hydrogen-bond acceptors (Lipinski definition) is 3. The Hall–Kier alpha value is -3.03. The van der Waals surface area contributed by atoms with E-state index in [9.17, 15) is 22.8 Å². The van der Waals surface area contributed by atoms with Gasteiger partial charge in [-0.15, -0.1) is 0 Å². The average molecular weight is 378 g/mol. The van der Waals surface area contributed by atoms with Crippen LogP contribution in [0.1, 0.15) is 21.5 Å². The van der Waals surface area contributed by atoms with Gasteiger partial charge in [-0.3, -0.25) is 9.59 Å². The van der Waals surface area contributed by atoms with Gasteiger partial charge in [0.25, 0.3) is 5.91 Å². The van der Waals surface area contributed by atoms with Crippen LogP contribution in [0.25, 0.3) is 0 Å². The molecule has 0 saturated carbocycles. The summed E-state index contributed by atoms with van der Waals surface area (Å²) in [4.78, 5) is 24.3. The van der Waals surface area contributed by atoms with Gasteiger partial charge in [-0.1, -0.05) is 24.3 Å². The molecule has 0 aromatic heterocycles. The molecule has 0 saturated heterocycles. The molecule has 3 rings (SSSR count). The number of rotatable bonds is 5. The number of carbonyl (C=O) groups is 2. The largest absolute Gasteiger partial charge is 0.493 e. The number of para-hydroxylation sites is 1. The third kappa shape index (κ3) is 4.99. The summed E-state index contributed by atoms with van der Waals surface area (Å²) in [6.45, 7) is -0.823. The lowest BCUT2D eigenvalue weighted by Crippen LogP contribution is -2.34. The van der Waals surface area contributed by atoms with Gasteiger partial charge in [0.1, 0.15) is 12.3 Å². The summed E-state index contributed by atoms with van der Waals surface area (Å²) in [6.07, 6.45) is -3.65. The fraction of sp³-hybridized carbons (Fsp3) is 0.263. The van der Waals surface area contributed by atoms with Crippen LogP contribution in [0.3, 0.4) is 0 Å². The van der Waals surface area contributed by atoms with E-state index in [-0.39, 0.29) is 23.6 Å². The van der Waals surface area contributed by atoms with Gasteiger partial charge in [-0.2, -0.15) is 13.2 Å². The highest BCUT2D eigenvalue weighted by atomic mass is 19.4. The minimum absolute atomic E-state index is 0.0301. The van der Waals surface area contributed by atoms with Gasteiger partial charge in [-0.25, -0.2) is 0 Å². The Labute approximate surface area is 153 Å². The van der Waals surface area contributed by atoms with Crippen molar-refractivity contribution in [3.8, 4) is 5.75 Å². The van der Waals surface area contributed by atoms with E-state index in [1.54, 1.807) is 17.4 Å². The fourth-order valence-corrected chi connectivity index (χ4v) is 2.80. The maximum absolute atomic E-state index is 12.3. The molecule has 0 atom stereocenters. The second kappa shape index (κ2) is 7.69. The van der Waals surface area contributed by atoms with E-state index >= 15 is 0 Å². The molecule has 0 bridgehead atoms. The monoisotopic (exact) mass is 378 g/mol. The second-order valence-corrected chi connectivity index (χ2v) is 6.11. The van der Waals surface area contributed by atoms with Crippen molar-refractivity contribution < 1.29 is 27.5 Å². The molecule has 2 aromatic rings. The van der Waals surface area contributed by atoms with Crippen molar-refractivity contribution in [1.82, 2.24) is 5.32 Å². The van der Waals surface area contributed by atoms with Crippen LogP contribution in [0.5, 0.6) is 5.75 Å². The molecular weight excluding hydrogens is 361 g/mol. The highest BCUT2D eigenvalue weighted by molar-refractivity contribution is 6.04. The molecule has 8 heteroatoms. The van der Waals surface area contributed by atoms with Gasteiger partial charge in [0.15, 0.2) is 0 Å². The number of ether oxygens (including phenoxy) is 1. The first-order valence-electron chi connectivity index (χ1n) is 8.30. The summed E-state index contributed by atoms with van der Waals surface area (Å²) in [6, 6.07) is 11.4. The topological polar surface area (TPSA) is 67.4 Å². The molecule has 0 fully saturated rings. The number of alkyl halides is 3. The van der Waals surface area contributed by atoms with Gasteiger partial charge in [0.2, 0.25) is 5.91 Å². The van der Waals surface area contributed by atoms with Crippen LogP contribution in [-0.2, 0) is 17.6 Å². The number of benzene rings is 2. The van der Waals surface area contributed by atoms with Gasteiger partial charge in [0.05, 0.1) is 24.3 Å². The average Bonchev–Trinajstić information content (AvgIpc) is 3.07. The molecule has 2 amide bonds. The molecule has 1 aliphatic heterocycles. The van der Waals surface area contributed by atoms with E-state index in [1.165, 1.54) is 18.2 Å². The maximum atomic E-state index is 12.3. The summed E-state index contributed by atoms with van der Waals surface area (Å²) in [5.74, 6) is -0.464. The van der Waals surface area contributed by atoms with Crippen LogP contribution in [-0.4, -0.2) is 31.1 Å². The number of carbonyl (C=O) groups excluding carboxylic acids is 2. The molecule has 0 radical (unpaired) electrons. The number of amides is 2. The minimum Gasteiger partial charge on any atom is -0.493 e. The molecule has 0 aliphatic carbocycles. The van der Waals surface area contributed by atoms with Crippen molar-refractivity contribution in [3.63, 3.8) is 0 Å². The number of hydrogen-bond donors (Lipinski definition) is 2. The first-order chi connectivity index (χ1) is 12.8. The first kappa shape index (κ1) is 18.8. The Morgan fingerprint density at radius 1 is 1.11 bits per heavy atom. The first-order valence-corrected chi connectivity index (χ1v) is 8.30. The van der Waals surface area contributed by atoms with Gasteiger partial charge in [0, 0.05) is 6.42 Å². The Kier molecular flexibility index (Phi) is 5.34. The van der Waals surface area contributed by atoms with Gasteiger partial charge in [-0.05, 0) is 29.3 Å². The summed E-state index contributed by atoms with van der Waals surface area (Å²) in [7, 11) is 0. The zero-order valence-corrected chi connectivity index (χ0v) is 14.2. The molecule has 0 spiro atoms. The quantitative estimate of drug-likeness (QED) is 0.840. The smallest absolute Gasteiger partial charge is 0.405 e. The molecule has 5 nitrogen and oxygen atoms in total. The normalized spacial score (nSPS) is 12.9. The highest BCUT2D eigenvalue weighted by Gasteiger charge is 2.28. The van der Waals surface area contributed by atoms with Crippen molar-refractivity contribution >= 4 is 17.5 Å². The third-order valence-electron chi connectivity index (χ3n) is 4.01. The Morgan fingerprint density at radius 2 is 1.89 bits per heavy atom. The van der Waals surface area contributed by atoms with Gasteiger partial charge >= 0.3 is 6.18 Å². The summed E-state index contributed by atoms with van der Waals surface area (Å²) in [5, 5.41) is 4.39. The Bertz CT molecular complexity index is 866. The Balaban J connectivity index is 1.66. The van der Waals surface area contributed by atoms with Crippen LogP contribution >= 0.6 is 0 Å². The van der Waals surface area contributed by atoms with E-state index in [0.717, 1.165) is 23.3 Å². The van der Waals surface area contributed by atoms with Crippen LogP contribution < -0.4 is 15.4 Å². The standard InChI is InChI=1S/C19H17F3N2O3/c20-19(21,22)11-23-18(26)14-3-1-2-4-15(14)24-17(25)10-12-5-6-16-13(9-12)7-8-27-16/h1-6,9H,7-8,10-11H2,(H,23,26)(H,24,25). The zero-order valence-electron chi connectivity index (χ0n) is 14.2. The van der Waals surface area contributed by atoms with Crippen molar-refractivity contribution in [1.29, 1.82) is 0 Å². The van der Waals surface area contributed by atoms with Crippen molar-refractivity contribution in [2.45, 2.75) is 19.0 Å². The molecule has 1 heterocycles. The predicted octanol–water partition coefficient (Wildman–Crippen LogP) is 3.09. The van der Waals surface area contributed by atoms with Crippen LogP contribution in [0.4, 0.5) is 18.9 Å². The lowest BCUT2D eigenvalue weighted by Gasteiger charge is -2.13. The number of anilines is 1. The van der Waals surface area contributed by atoms with Gasteiger partial charge < -0.3 is 15.4 Å². The van der Waals surface area contributed by atoms with Crippen LogP contribution in [0.2, 0.25) is 0 Å². The molecule has 27 heavy (non-hydrogen) atoms. The number of halogens is 3. The van der Waals surface area contributed by atoms with E-state index in [4.69, 9.17) is 4.74 Å². The van der Waals surface area contributed by atoms with E-state index < -0.39 is 18.6 Å². The summed E-state index contributed by atoms with van der Waals surface area (Å²) >= 11 is 0. The van der Waals surface area contributed by atoms with Crippen LogP contribution in [0, 0.1) is 0 Å². The summed E-state index contributed by atoms with van der Waals surface area (Å²) in [5.41, 5.74) is 1.95. The SMILES string of the molecule is O=C(Cc1ccc2c(c1)CCO2)Nc1ccccc1C(=O)NCC(F)(F)F. The lowest BCUT2D eigenvalue weighted by atomic mass is 10.1. The van der Waals surface area contributed by atoms with E-state index in [2.05, 4.69) is 5.32 Å². The highest BCUT2D eigenvalue weighted by Crippen LogP contribution is 2.26. The molecule has 2 N–H and O–H groups in total. The molecule has 1 aliphatic rings.